The topological polar surface area (TPSA) is 74.2 Å². The number of hydrogen-bond acceptors (Lipinski definition) is 5. The summed E-state index contributed by atoms with van der Waals surface area (Å²) in [6, 6.07) is 4.92. The molecule has 0 unspecified atom stereocenters. The Morgan fingerprint density at radius 1 is 1.50 bits per heavy atom. The number of rotatable bonds is 2. The van der Waals surface area contributed by atoms with Crippen molar-refractivity contribution in [1.82, 2.24) is 10.3 Å². The van der Waals surface area contributed by atoms with Crippen LogP contribution in [-0.4, -0.2) is 22.5 Å². The lowest BCUT2D eigenvalue weighted by atomic mass is 10.2. The van der Waals surface area contributed by atoms with Gasteiger partial charge >= 0.3 is 0 Å². The highest BCUT2D eigenvalue weighted by atomic mass is 127. The van der Waals surface area contributed by atoms with E-state index in [2.05, 4.69) is 38.2 Å². The van der Waals surface area contributed by atoms with E-state index in [9.17, 15) is 9.90 Å². The van der Waals surface area contributed by atoms with Crippen LogP contribution in [-0.2, 0) is 13.0 Å². The molecule has 0 saturated carbocycles. The zero-order valence-corrected chi connectivity index (χ0v) is 13.4. The number of nitrogens with zero attached hydrogens (tertiary/aromatic N) is 1. The van der Waals surface area contributed by atoms with Gasteiger partial charge in [-0.25, -0.2) is 4.98 Å². The number of amides is 1. The van der Waals surface area contributed by atoms with E-state index in [4.69, 9.17) is 0 Å². The average Bonchev–Trinajstić information content (AvgIpc) is 2.83. The summed E-state index contributed by atoms with van der Waals surface area (Å²) in [6.07, 6.45) is 0.885. The molecule has 3 rings (SSSR count). The third-order valence-electron chi connectivity index (χ3n) is 3.03. The molecule has 0 spiro atoms. The summed E-state index contributed by atoms with van der Waals surface area (Å²) in [4.78, 5) is 17.8. The molecule has 2 aromatic rings. The van der Waals surface area contributed by atoms with E-state index in [1.807, 2.05) is 0 Å². The van der Waals surface area contributed by atoms with Crippen LogP contribution in [0, 0.1) is 3.57 Å². The fraction of sp³-hybridized carbons (Fsp3) is 0.231. The molecule has 0 aliphatic carbocycles. The number of anilines is 1. The van der Waals surface area contributed by atoms with Gasteiger partial charge in [0, 0.05) is 28.0 Å². The first kappa shape index (κ1) is 13.8. The van der Waals surface area contributed by atoms with E-state index >= 15 is 0 Å². The van der Waals surface area contributed by atoms with Crippen LogP contribution in [0.4, 0.5) is 5.13 Å². The molecule has 0 bridgehead atoms. The molecule has 20 heavy (non-hydrogen) atoms. The van der Waals surface area contributed by atoms with Crippen molar-refractivity contribution in [3.05, 3.63) is 37.9 Å². The van der Waals surface area contributed by atoms with E-state index in [1.54, 1.807) is 12.1 Å². The first-order valence-electron chi connectivity index (χ1n) is 6.12. The van der Waals surface area contributed by atoms with Gasteiger partial charge in [-0.3, -0.25) is 10.1 Å². The number of hydrogen-bond donors (Lipinski definition) is 3. The second-order valence-electron chi connectivity index (χ2n) is 4.43. The van der Waals surface area contributed by atoms with Crippen molar-refractivity contribution in [2.45, 2.75) is 13.0 Å². The predicted molar refractivity (Wildman–Crippen MR) is 86.3 cm³/mol. The Balaban J connectivity index is 1.82. The van der Waals surface area contributed by atoms with Gasteiger partial charge in [0.05, 0.1) is 11.3 Å². The number of aromatic nitrogens is 1. The predicted octanol–water partition coefficient (Wildman–Crippen LogP) is 2.35. The van der Waals surface area contributed by atoms with Gasteiger partial charge in [-0.05, 0) is 40.8 Å². The third kappa shape index (κ3) is 2.79. The van der Waals surface area contributed by atoms with Gasteiger partial charge in [0.25, 0.3) is 5.91 Å². The molecule has 0 saturated heterocycles. The van der Waals surface area contributed by atoms with Crippen molar-refractivity contribution in [3.63, 3.8) is 0 Å². The van der Waals surface area contributed by atoms with Gasteiger partial charge in [-0.15, -0.1) is 11.3 Å². The second kappa shape index (κ2) is 5.66. The van der Waals surface area contributed by atoms with Gasteiger partial charge in [0.2, 0.25) is 0 Å². The van der Waals surface area contributed by atoms with Gasteiger partial charge in [0.1, 0.15) is 5.75 Å². The van der Waals surface area contributed by atoms with Crippen molar-refractivity contribution >= 4 is 45.0 Å². The Labute approximate surface area is 133 Å². The van der Waals surface area contributed by atoms with Gasteiger partial charge in [-0.1, -0.05) is 0 Å². The number of carbonyl (C=O) groups excluding carboxylic acids is 1. The fourth-order valence-electron chi connectivity index (χ4n) is 2.03. The second-order valence-corrected chi connectivity index (χ2v) is 6.76. The van der Waals surface area contributed by atoms with Gasteiger partial charge < -0.3 is 10.4 Å². The number of thiazole rings is 1. The summed E-state index contributed by atoms with van der Waals surface area (Å²) in [6.45, 7) is 1.72. The van der Waals surface area contributed by atoms with Crippen LogP contribution in [0.2, 0.25) is 0 Å². The number of benzene rings is 1. The molecule has 1 aliphatic heterocycles. The maximum atomic E-state index is 12.2. The number of phenolic OH excluding ortho intramolecular Hbond substituents is 1. The van der Waals surface area contributed by atoms with E-state index in [0.717, 1.165) is 28.8 Å². The summed E-state index contributed by atoms with van der Waals surface area (Å²) in [5.74, 6) is -0.356. The number of carbonyl (C=O) groups is 1. The van der Waals surface area contributed by atoms with Crippen LogP contribution in [0.25, 0.3) is 0 Å². The van der Waals surface area contributed by atoms with Crippen molar-refractivity contribution in [2.75, 3.05) is 11.9 Å². The summed E-state index contributed by atoms with van der Waals surface area (Å²) in [5, 5.41) is 16.4. The van der Waals surface area contributed by atoms with Crippen LogP contribution >= 0.6 is 33.9 Å². The minimum atomic E-state index is -0.333. The standard InChI is InChI=1S/C13H12IN3O2S/c14-7-1-2-10(18)8(5-7)12(19)17-13-16-9-3-4-15-6-11(9)20-13/h1-2,5,15,18H,3-4,6H2,(H,16,17,19). The molecule has 5 nitrogen and oxygen atoms in total. The zero-order chi connectivity index (χ0) is 14.1. The quantitative estimate of drug-likeness (QED) is 0.676. The normalized spacial score (nSPS) is 13.8. The Morgan fingerprint density at radius 3 is 3.15 bits per heavy atom. The first-order chi connectivity index (χ1) is 9.63. The highest BCUT2D eigenvalue weighted by molar-refractivity contribution is 14.1. The molecule has 3 N–H and O–H groups in total. The van der Waals surface area contributed by atoms with Crippen LogP contribution in [0.1, 0.15) is 20.9 Å². The Bertz CT molecular complexity index is 648. The molecule has 0 atom stereocenters. The number of fused-ring (bicyclic) bond motifs is 1. The zero-order valence-electron chi connectivity index (χ0n) is 10.4. The van der Waals surface area contributed by atoms with E-state index in [-0.39, 0.29) is 17.2 Å². The SMILES string of the molecule is O=C(Nc1nc2c(s1)CNCC2)c1cc(I)ccc1O. The summed E-state index contributed by atoms with van der Waals surface area (Å²) >= 11 is 3.58. The summed E-state index contributed by atoms with van der Waals surface area (Å²) in [7, 11) is 0. The Hall–Kier alpha value is -1.19. The highest BCUT2D eigenvalue weighted by Gasteiger charge is 2.18. The summed E-state index contributed by atoms with van der Waals surface area (Å²) in [5.41, 5.74) is 1.32. The lowest BCUT2D eigenvalue weighted by Gasteiger charge is -2.09. The largest absolute Gasteiger partial charge is 0.507 e. The molecule has 1 amide bonds. The molecule has 1 aromatic carbocycles. The van der Waals surface area contributed by atoms with Crippen molar-refractivity contribution in [2.24, 2.45) is 0 Å². The van der Waals surface area contributed by atoms with Crippen LogP contribution in [0.5, 0.6) is 5.75 Å². The van der Waals surface area contributed by atoms with E-state index in [1.165, 1.54) is 22.3 Å². The monoisotopic (exact) mass is 401 g/mol. The van der Waals surface area contributed by atoms with Crippen LogP contribution in [0.3, 0.4) is 0 Å². The number of halogens is 1. The average molecular weight is 401 g/mol. The first-order valence-corrected chi connectivity index (χ1v) is 8.02. The molecule has 7 heteroatoms. The number of nitrogens with one attached hydrogen (secondary N) is 2. The minimum Gasteiger partial charge on any atom is -0.507 e. The van der Waals surface area contributed by atoms with Gasteiger partial charge in [0.15, 0.2) is 5.13 Å². The van der Waals surface area contributed by atoms with E-state index < -0.39 is 0 Å². The van der Waals surface area contributed by atoms with Crippen molar-refractivity contribution in [1.29, 1.82) is 0 Å². The minimum absolute atomic E-state index is 0.0223. The van der Waals surface area contributed by atoms with E-state index in [0.29, 0.717) is 5.13 Å². The lowest BCUT2D eigenvalue weighted by molar-refractivity contribution is 0.102. The maximum Gasteiger partial charge on any atom is 0.261 e. The molecule has 0 radical (unpaired) electrons. The highest BCUT2D eigenvalue weighted by Crippen LogP contribution is 2.27. The maximum absolute atomic E-state index is 12.2. The Morgan fingerprint density at radius 2 is 2.35 bits per heavy atom. The summed E-state index contributed by atoms with van der Waals surface area (Å²) < 4.78 is 0.896. The molecule has 1 aliphatic rings. The third-order valence-corrected chi connectivity index (χ3v) is 4.71. The van der Waals surface area contributed by atoms with Crippen LogP contribution < -0.4 is 10.6 Å². The van der Waals surface area contributed by atoms with Gasteiger partial charge in [-0.2, -0.15) is 0 Å². The fourth-order valence-corrected chi connectivity index (χ4v) is 3.50. The number of aromatic hydroxyl groups is 1. The smallest absolute Gasteiger partial charge is 0.261 e. The van der Waals surface area contributed by atoms with Crippen LogP contribution in [0.15, 0.2) is 18.2 Å². The molecule has 0 fully saturated rings. The molecule has 104 valence electrons. The number of phenols is 1. The van der Waals surface area contributed by atoms with Crippen molar-refractivity contribution in [3.8, 4) is 5.75 Å². The molecular weight excluding hydrogens is 389 g/mol. The van der Waals surface area contributed by atoms with Crippen molar-refractivity contribution < 1.29 is 9.90 Å². The Kier molecular flexibility index (Phi) is 3.90. The lowest BCUT2D eigenvalue weighted by Crippen LogP contribution is -2.22. The molecule has 1 aromatic heterocycles. The molecular formula is C13H12IN3O2S. The molecule has 2 heterocycles.